The molecule has 0 saturated carbocycles. The minimum absolute atomic E-state index is 0.255. The Morgan fingerprint density at radius 1 is 0.762 bits per heavy atom. The molecule has 2 heteroatoms. The quantitative estimate of drug-likeness (QED) is 0.195. The number of hydrogen-bond acceptors (Lipinski definition) is 2. The summed E-state index contributed by atoms with van der Waals surface area (Å²) >= 11 is 0. The van der Waals surface area contributed by atoms with Crippen molar-refractivity contribution in [1.29, 1.82) is 0 Å². The fourth-order valence-electron chi connectivity index (χ4n) is 2.59. The van der Waals surface area contributed by atoms with Gasteiger partial charge in [0.15, 0.2) is 0 Å². The van der Waals surface area contributed by atoms with E-state index < -0.39 is 0 Å². The van der Waals surface area contributed by atoms with Crippen molar-refractivity contribution in [3.8, 4) is 0 Å². The maximum atomic E-state index is 10.7. The molecule has 0 amide bonds. The van der Waals surface area contributed by atoms with Crippen LogP contribution < -0.4 is 0 Å². The number of carbonyl (C=O) groups excluding carboxylic acids is 1. The maximum Gasteiger partial charge on any atom is 0.307 e. The molecule has 0 radical (unpaired) electrons. The highest BCUT2D eigenvalue weighted by Crippen LogP contribution is 2.14. The number of esters is 1. The molecule has 0 saturated heterocycles. The van der Waals surface area contributed by atoms with E-state index in [2.05, 4.69) is 13.5 Å². The molecule has 2 nitrogen and oxygen atoms in total. The minimum atomic E-state index is -0.255. The summed E-state index contributed by atoms with van der Waals surface area (Å²) < 4.78 is 4.92. The summed E-state index contributed by atoms with van der Waals surface area (Å²) in [4.78, 5) is 10.7. The lowest BCUT2D eigenvalue weighted by molar-refractivity contribution is -0.137. The summed E-state index contributed by atoms with van der Waals surface area (Å²) in [6, 6.07) is 0. The van der Waals surface area contributed by atoms with Gasteiger partial charge in [0.05, 0.1) is 0 Å². The Bertz CT molecular complexity index is 258. The summed E-state index contributed by atoms with van der Waals surface area (Å²) in [7, 11) is 0. The molecule has 0 aliphatic rings. The molecule has 0 fully saturated rings. The van der Waals surface area contributed by atoms with E-state index >= 15 is 0 Å². The molecule has 0 rings (SSSR count). The summed E-state index contributed by atoms with van der Waals surface area (Å²) in [5, 5.41) is 0. The molecule has 0 aliphatic carbocycles. The van der Waals surface area contributed by atoms with Crippen LogP contribution in [0.15, 0.2) is 12.3 Å². The molecule has 0 aliphatic heterocycles. The average molecular weight is 296 g/mol. The van der Waals surface area contributed by atoms with E-state index in [1.807, 2.05) is 0 Å². The minimum Gasteiger partial charge on any atom is -0.432 e. The molecule has 0 heterocycles. The van der Waals surface area contributed by atoms with Crippen molar-refractivity contribution in [2.24, 2.45) is 0 Å². The SMILES string of the molecule is C=C(CCCCCCCCCCCCCCC)OC(C)=O. The van der Waals surface area contributed by atoms with Gasteiger partial charge in [-0.25, -0.2) is 0 Å². The van der Waals surface area contributed by atoms with Gasteiger partial charge in [0.25, 0.3) is 0 Å². The zero-order chi connectivity index (χ0) is 15.8. The van der Waals surface area contributed by atoms with Crippen LogP contribution in [0, 0.1) is 0 Å². The second-order valence-electron chi connectivity index (χ2n) is 6.12. The van der Waals surface area contributed by atoms with Gasteiger partial charge in [-0.2, -0.15) is 0 Å². The Morgan fingerprint density at radius 2 is 1.14 bits per heavy atom. The van der Waals surface area contributed by atoms with E-state index in [4.69, 9.17) is 4.74 Å². The largest absolute Gasteiger partial charge is 0.432 e. The Labute approximate surface area is 132 Å². The lowest BCUT2D eigenvalue weighted by atomic mass is 10.0. The summed E-state index contributed by atoms with van der Waals surface area (Å²) in [5.41, 5.74) is 0. The predicted octanol–water partition coefficient (Wildman–Crippen LogP) is 6.54. The standard InChI is InChI=1S/C19H36O2/c1-4-5-6-7-8-9-10-11-12-13-14-15-16-17-18(2)21-19(3)20/h2,4-17H2,1,3H3. The van der Waals surface area contributed by atoms with Gasteiger partial charge in [0, 0.05) is 13.3 Å². The molecule has 0 N–H and O–H groups in total. The Morgan fingerprint density at radius 3 is 1.52 bits per heavy atom. The van der Waals surface area contributed by atoms with Gasteiger partial charge in [-0.3, -0.25) is 4.79 Å². The fraction of sp³-hybridized carbons (Fsp3) is 0.842. The lowest BCUT2D eigenvalue weighted by Crippen LogP contribution is -1.97. The van der Waals surface area contributed by atoms with Crippen molar-refractivity contribution >= 4 is 5.97 Å². The zero-order valence-corrected chi connectivity index (χ0v) is 14.4. The van der Waals surface area contributed by atoms with Crippen molar-refractivity contribution in [2.75, 3.05) is 0 Å². The number of ether oxygens (including phenoxy) is 1. The third kappa shape index (κ3) is 17.2. The second-order valence-corrected chi connectivity index (χ2v) is 6.12. The third-order valence-corrected chi connectivity index (χ3v) is 3.85. The van der Waals surface area contributed by atoms with Crippen LogP contribution in [0.2, 0.25) is 0 Å². The van der Waals surface area contributed by atoms with E-state index in [1.54, 1.807) is 0 Å². The van der Waals surface area contributed by atoms with E-state index in [0.29, 0.717) is 5.76 Å². The third-order valence-electron chi connectivity index (χ3n) is 3.85. The van der Waals surface area contributed by atoms with Gasteiger partial charge in [-0.15, -0.1) is 0 Å². The lowest BCUT2D eigenvalue weighted by Gasteiger charge is -2.05. The topological polar surface area (TPSA) is 26.3 Å². The highest BCUT2D eigenvalue weighted by atomic mass is 16.5. The zero-order valence-electron chi connectivity index (χ0n) is 14.4. The molecule has 0 atom stereocenters. The number of carbonyl (C=O) groups is 1. The maximum absolute atomic E-state index is 10.7. The van der Waals surface area contributed by atoms with Crippen LogP contribution in [0.5, 0.6) is 0 Å². The first-order chi connectivity index (χ1) is 10.2. The molecule has 0 aromatic rings. The molecule has 0 aromatic carbocycles. The molecular weight excluding hydrogens is 260 g/mol. The van der Waals surface area contributed by atoms with Gasteiger partial charge in [0.1, 0.15) is 5.76 Å². The van der Waals surface area contributed by atoms with Crippen LogP contribution in [0.1, 0.15) is 104 Å². The van der Waals surface area contributed by atoms with Crippen LogP contribution in [-0.2, 0) is 9.53 Å². The first-order valence-corrected chi connectivity index (χ1v) is 9.03. The first-order valence-electron chi connectivity index (χ1n) is 9.03. The van der Waals surface area contributed by atoms with Crippen molar-refractivity contribution in [3.63, 3.8) is 0 Å². The van der Waals surface area contributed by atoms with Gasteiger partial charge < -0.3 is 4.74 Å². The molecule has 0 aromatic heterocycles. The van der Waals surface area contributed by atoms with E-state index in [1.165, 1.54) is 84.0 Å². The summed E-state index contributed by atoms with van der Waals surface area (Å²) in [6.07, 6.45) is 18.4. The van der Waals surface area contributed by atoms with Crippen LogP contribution in [0.25, 0.3) is 0 Å². The monoisotopic (exact) mass is 296 g/mol. The number of hydrogen-bond donors (Lipinski definition) is 0. The fourth-order valence-corrected chi connectivity index (χ4v) is 2.59. The molecule has 21 heavy (non-hydrogen) atoms. The summed E-state index contributed by atoms with van der Waals surface area (Å²) in [5.74, 6) is 0.361. The van der Waals surface area contributed by atoms with Crippen LogP contribution in [0.4, 0.5) is 0 Å². The molecular formula is C19H36O2. The second kappa shape index (κ2) is 15.6. The first kappa shape index (κ1) is 20.2. The average Bonchev–Trinajstić information content (AvgIpc) is 2.43. The summed E-state index contributed by atoms with van der Waals surface area (Å²) in [6.45, 7) is 7.44. The van der Waals surface area contributed by atoms with Crippen LogP contribution in [-0.4, -0.2) is 5.97 Å². The molecule has 0 unspecified atom stereocenters. The highest BCUT2D eigenvalue weighted by molar-refractivity contribution is 5.67. The van der Waals surface area contributed by atoms with Gasteiger partial charge >= 0.3 is 5.97 Å². The van der Waals surface area contributed by atoms with Crippen molar-refractivity contribution in [3.05, 3.63) is 12.3 Å². The number of unbranched alkanes of at least 4 members (excludes halogenated alkanes) is 12. The van der Waals surface area contributed by atoms with Crippen LogP contribution >= 0.6 is 0 Å². The number of allylic oxidation sites excluding steroid dienone is 1. The number of rotatable bonds is 15. The molecule has 0 spiro atoms. The van der Waals surface area contributed by atoms with Gasteiger partial charge in [-0.1, -0.05) is 90.6 Å². The van der Waals surface area contributed by atoms with E-state index in [0.717, 1.165) is 12.8 Å². The molecule has 124 valence electrons. The Kier molecular flexibility index (Phi) is 15.0. The highest BCUT2D eigenvalue weighted by Gasteiger charge is 1.99. The van der Waals surface area contributed by atoms with E-state index in [-0.39, 0.29) is 5.97 Å². The predicted molar refractivity (Wildman–Crippen MR) is 91.2 cm³/mol. The van der Waals surface area contributed by atoms with Gasteiger partial charge in [-0.05, 0) is 6.42 Å². The Balaban J connectivity index is 3.09. The van der Waals surface area contributed by atoms with Crippen LogP contribution in [0.3, 0.4) is 0 Å². The van der Waals surface area contributed by atoms with Crippen molar-refractivity contribution in [2.45, 2.75) is 104 Å². The van der Waals surface area contributed by atoms with Crippen molar-refractivity contribution < 1.29 is 9.53 Å². The molecule has 0 bridgehead atoms. The smallest absolute Gasteiger partial charge is 0.307 e. The van der Waals surface area contributed by atoms with Crippen molar-refractivity contribution in [1.82, 2.24) is 0 Å². The normalized spacial score (nSPS) is 10.6. The Hall–Kier alpha value is -0.790. The van der Waals surface area contributed by atoms with Gasteiger partial charge in [0.2, 0.25) is 0 Å². The van der Waals surface area contributed by atoms with E-state index in [9.17, 15) is 4.79 Å².